The van der Waals surface area contributed by atoms with Crippen molar-refractivity contribution in [2.75, 3.05) is 36.5 Å². The summed E-state index contributed by atoms with van der Waals surface area (Å²) in [6, 6.07) is 3.87. The van der Waals surface area contributed by atoms with Gasteiger partial charge < -0.3 is 31.4 Å². The molecule has 3 heterocycles. The Balaban J connectivity index is 1.58. The number of nitrogens with one attached hydrogen (secondary N) is 3. The largest absolute Gasteiger partial charge is 0.385 e. The number of ether oxygens (including phenoxy) is 1. The predicted octanol–water partition coefficient (Wildman–Crippen LogP) is 2.73. The summed E-state index contributed by atoms with van der Waals surface area (Å²) in [7, 11) is 0. The van der Waals surface area contributed by atoms with Gasteiger partial charge in [-0.15, -0.1) is 0 Å². The minimum Gasteiger partial charge on any atom is -0.385 e. The zero-order valence-corrected chi connectivity index (χ0v) is 20.3. The Hall–Kier alpha value is -4.19. The molecule has 2 aromatic heterocycles. The van der Waals surface area contributed by atoms with Crippen LogP contribution in [0, 0.1) is 16.6 Å². The molecule has 1 saturated heterocycles. The van der Waals surface area contributed by atoms with E-state index in [1.807, 2.05) is 25.7 Å². The van der Waals surface area contributed by atoms with Gasteiger partial charge in [-0.1, -0.05) is 20.8 Å². The highest BCUT2D eigenvalue weighted by Crippen LogP contribution is 2.25. The second-order valence-corrected chi connectivity index (χ2v) is 9.26. The standard InChI is InChI=1S/C24H28FN9O2/c1-24(2,3)18(26)11-19(27)32-22(35)14-4-5-15(25)16(10-14)31-21-20-17(29-13-30-21)12-28-23(33-20)34-6-8-36-9-7-34/h4-5,10-13,26H,6-9,27H2,1-3H3,(H,32,35)(H,29,30,31)/b19-11+,26-18?. The summed E-state index contributed by atoms with van der Waals surface area (Å²) in [4.78, 5) is 32.1. The third-order valence-electron chi connectivity index (χ3n) is 5.51. The fraction of sp³-hybridized carbons (Fsp3) is 0.333. The Morgan fingerprint density at radius 3 is 2.69 bits per heavy atom. The lowest BCUT2D eigenvalue weighted by atomic mass is 9.90. The van der Waals surface area contributed by atoms with Crippen molar-refractivity contribution in [3.05, 3.63) is 54.0 Å². The molecular weight excluding hydrogens is 465 g/mol. The number of anilines is 3. The summed E-state index contributed by atoms with van der Waals surface area (Å²) in [6.45, 7) is 8.06. The van der Waals surface area contributed by atoms with E-state index >= 15 is 0 Å². The number of fused-ring (bicyclic) bond motifs is 1. The lowest BCUT2D eigenvalue weighted by Crippen LogP contribution is -2.37. The molecule has 1 aromatic carbocycles. The van der Waals surface area contributed by atoms with Crippen LogP contribution in [0.15, 0.2) is 42.6 Å². The molecule has 0 unspecified atom stereocenters. The molecule has 188 valence electrons. The number of carbonyl (C=O) groups excluding carboxylic acids is 1. The minimum atomic E-state index is -0.584. The van der Waals surface area contributed by atoms with Crippen LogP contribution in [-0.4, -0.2) is 57.9 Å². The quantitative estimate of drug-likeness (QED) is 0.379. The maximum Gasteiger partial charge on any atom is 0.256 e. The summed E-state index contributed by atoms with van der Waals surface area (Å²) in [5, 5.41) is 13.5. The first-order valence-electron chi connectivity index (χ1n) is 11.4. The number of morpholine rings is 1. The minimum absolute atomic E-state index is 0.0212. The Bertz CT molecular complexity index is 1330. The summed E-state index contributed by atoms with van der Waals surface area (Å²) in [6.07, 6.45) is 4.30. The average Bonchev–Trinajstić information content (AvgIpc) is 2.85. The van der Waals surface area contributed by atoms with Gasteiger partial charge in [0.15, 0.2) is 5.82 Å². The topological polar surface area (TPSA) is 155 Å². The van der Waals surface area contributed by atoms with Crippen LogP contribution < -0.4 is 21.3 Å². The second kappa shape index (κ2) is 10.2. The number of nitrogens with zero attached hydrogens (tertiary/aromatic N) is 5. The molecule has 0 radical (unpaired) electrons. The average molecular weight is 494 g/mol. The van der Waals surface area contributed by atoms with Crippen molar-refractivity contribution in [1.82, 2.24) is 25.3 Å². The first kappa shape index (κ1) is 24.9. The van der Waals surface area contributed by atoms with Gasteiger partial charge in [0.25, 0.3) is 5.91 Å². The van der Waals surface area contributed by atoms with Gasteiger partial charge in [0.2, 0.25) is 5.95 Å². The highest BCUT2D eigenvalue weighted by molar-refractivity contribution is 6.00. The lowest BCUT2D eigenvalue weighted by Gasteiger charge is -2.26. The zero-order chi connectivity index (χ0) is 25.9. The van der Waals surface area contributed by atoms with Crippen molar-refractivity contribution in [1.29, 1.82) is 5.41 Å². The first-order chi connectivity index (χ1) is 17.1. The van der Waals surface area contributed by atoms with E-state index in [1.54, 1.807) is 6.20 Å². The van der Waals surface area contributed by atoms with Gasteiger partial charge in [0.05, 0.1) is 25.1 Å². The van der Waals surface area contributed by atoms with E-state index in [-0.39, 0.29) is 28.6 Å². The van der Waals surface area contributed by atoms with Crippen LogP contribution >= 0.6 is 0 Å². The van der Waals surface area contributed by atoms with Gasteiger partial charge in [-0.25, -0.2) is 24.3 Å². The highest BCUT2D eigenvalue weighted by Gasteiger charge is 2.18. The molecule has 1 fully saturated rings. The molecule has 4 rings (SSSR count). The highest BCUT2D eigenvalue weighted by atomic mass is 19.1. The molecule has 1 aliphatic heterocycles. The van der Waals surface area contributed by atoms with E-state index in [0.29, 0.717) is 43.3 Å². The Morgan fingerprint density at radius 2 is 1.97 bits per heavy atom. The molecule has 0 bridgehead atoms. The number of carbonyl (C=O) groups is 1. The molecule has 0 spiro atoms. The van der Waals surface area contributed by atoms with Gasteiger partial charge in [0.1, 0.15) is 29.0 Å². The molecular formula is C24H28FN9O2. The van der Waals surface area contributed by atoms with Gasteiger partial charge >= 0.3 is 0 Å². The van der Waals surface area contributed by atoms with Crippen molar-refractivity contribution >= 4 is 40.1 Å². The van der Waals surface area contributed by atoms with Gasteiger partial charge in [-0.2, -0.15) is 0 Å². The zero-order valence-electron chi connectivity index (χ0n) is 20.3. The SMILES string of the molecule is CC(C)(C)C(=N)/C=C(\N)NC(=O)c1ccc(F)c(Nc2ncnc3cnc(N4CCOCC4)nc23)c1. The van der Waals surface area contributed by atoms with Crippen molar-refractivity contribution < 1.29 is 13.9 Å². The molecule has 5 N–H and O–H groups in total. The number of halogens is 1. The molecule has 12 heteroatoms. The van der Waals surface area contributed by atoms with Gasteiger partial charge in [-0.3, -0.25) is 4.79 Å². The summed E-state index contributed by atoms with van der Waals surface area (Å²) in [5.74, 6) is -0.337. The molecule has 0 aliphatic carbocycles. The number of rotatable bonds is 6. The van der Waals surface area contributed by atoms with Gasteiger partial charge in [0, 0.05) is 29.8 Å². The van der Waals surface area contributed by atoms with Crippen molar-refractivity contribution in [3.63, 3.8) is 0 Å². The number of allylic oxidation sites excluding steroid dienone is 1. The molecule has 11 nitrogen and oxygen atoms in total. The van der Waals surface area contributed by atoms with E-state index in [9.17, 15) is 9.18 Å². The van der Waals surface area contributed by atoms with Crippen molar-refractivity contribution in [2.45, 2.75) is 20.8 Å². The van der Waals surface area contributed by atoms with E-state index in [4.69, 9.17) is 15.9 Å². The molecule has 36 heavy (non-hydrogen) atoms. The molecule has 3 aromatic rings. The number of nitrogens with two attached hydrogens (primary N) is 1. The maximum atomic E-state index is 14.7. The van der Waals surface area contributed by atoms with Crippen molar-refractivity contribution in [2.24, 2.45) is 11.1 Å². The van der Waals surface area contributed by atoms with Gasteiger partial charge in [-0.05, 0) is 24.3 Å². The fourth-order valence-electron chi connectivity index (χ4n) is 3.35. The van der Waals surface area contributed by atoms with E-state index < -0.39 is 17.1 Å². The lowest BCUT2D eigenvalue weighted by molar-refractivity contribution is 0.0965. The first-order valence-corrected chi connectivity index (χ1v) is 11.4. The molecule has 1 amide bonds. The Morgan fingerprint density at radius 1 is 1.22 bits per heavy atom. The van der Waals surface area contributed by atoms with E-state index in [0.717, 1.165) is 0 Å². The summed E-state index contributed by atoms with van der Waals surface area (Å²) >= 11 is 0. The maximum absolute atomic E-state index is 14.7. The number of amides is 1. The number of hydrogen-bond donors (Lipinski definition) is 4. The third-order valence-corrected chi connectivity index (χ3v) is 5.51. The smallest absolute Gasteiger partial charge is 0.256 e. The number of aromatic nitrogens is 4. The Kier molecular flexibility index (Phi) is 7.06. The predicted molar refractivity (Wildman–Crippen MR) is 135 cm³/mol. The monoisotopic (exact) mass is 493 g/mol. The summed E-state index contributed by atoms with van der Waals surface area (Å²) < 4.78 is 20.1. The normalized spacial score (nSPS) is 14.6. The van der Waals surface area contributed by atoms with Crippen LogP contribution in [0.2, 0.25) is 0 Å². The third kappa shape index (κ3) is 5.71. The molecule has 0 atom stereocenters. The summed E-state index contributed by atoms with van der Waals surface area (Å²) in [5.41, 5.74) is 6.82. The van der Waals surface area contributed by atoms with E-state index in [1.165, 1.54) is 30.6 Å². The van der Waals surface area contributed by atoms with Crippen LogP contribution in [0.5, 0.6) is 0 Å². The Labute approximate surface area is 207 Å². The number of benzene rings is 1. The fourth-order valence-corrected chi connectivity index (χ4v) is 3.35. The van der Waals surface area contributed by atoms with Crippen LogP contribution in [0.1, 0.15) is 31.1 Å². The van der Waals surface area contributed by atoms with Crippen LogP contribution in [0.3, 0.4) is 0 Å². The van der Waals surface area contributed by atoms with Crippen LogP contribution in [0.4, 0.5) is 21.8 Å². The second-order valence-electron chi connectivity index (χ2n) is 9.26. The van der Waals surface area contributed by atoms with E-state index in [2.05, 4.69) is 30.6 Å². The van der Waals surface area contributed by atoms with Crippen LogP contribution in [-0.2, 0) is 4.74 Å². The molecule has 1 aliphatic rings. The number of hydrogen-bond acceptors (Lipinski definition) is 10. The van der Waals surface area contributed by atoms with Crippen LogP contribution in [0.25, 0.3) is 11.0 Å². The van der Waals surface area contributed by atoms with Crippen molar-refractivity contribution in [3.8, 4) is 0 Å². The molecule has 0 saturated carbocycles.